The molecule has 0 unspecified atom stereocenters. The van der Waals surface area contributed by atoms with Gasteiger partial charge in [-0.15, -0.1) is 0 Å². The van der Waals surface area contributed by atoms with Crippen molar-refractivity contribution in [3.63, 3.8) is 0 Å². The molecule has 0 aliphatic rings. The predicted molar refractivity (Wildman–Crippen MR) is 112 cm³/mol. The van der Waals surface area contributed by atoms with E-state index < -0.39 is 30.1 Å². The monoisotopic (exact) mass is 414 g/mol. The van der Waals surface area contributed by atoms with Gasteiger partial charge in [0.2, 0.25) is 0 Å². The fraction of sp³-hybridized carbons (Fsp3) is 0.200. The SMILES string of the molecule is CCCc1ccc(-c2ccc(-c3cc(F)c(OCC=C(F)F)c(F)c3)c(C)c2)cc1. The zero-order chi connectivity index (χ0) is 21.7. The van der Waals surface area contributed by atoms with Gasteiger partial charge in [0.15, 0.2) is 17.4 Å². The van der Waals surface area contributed by atoms with E-state index in [-0.39, 0.29) is 0 Å². The molecule has 0 saturated carbocycles. The second-order valence-electron chi connectivity index (χ2n) is 7.05. The smallest absolute Gasteiger partial charge is 0.269 e. The van der Waals surface area contributed by atoms with E-state index in [1.807, 2.05) is 25.1 Å². The lowest BCUT2D eigenvalue weighted by Gasteiger charge is -2.12. The van der Waals surface area contributed by atoms with Gasteiger partial charge in [0.25, 0.3) is 6.08 Å². The van der Waals surface area contributed by atoms with Gasteiger partial charge in [-0.05, 0) is 58.9 Å². The molecule has 156 valence electrons. The molecule has 0 radical (unpaired) electrons. The number of ether oxygens (including phenoxy) is 1. The van der Waals surface area contributed by atoms with Crippen molar-refractivity contribution in [3.8, 4) is 28.0 Å². The summed E-state index contributed by atoms with van der Waals surface area (Å²) in [4.78, 5) is 0. The minimum absolute atomic E-state index is 0.354. The number of hydrogen-bond acceptors (Lipinski definition) is 1. The quantitative estimate of drug-likeness (QED) is 0.360. The van der Waals surface area contributed by atoms with Crippen molar-refractivity contribution in [1.29, 1.82) is 0 Å². The third-order valence-electron chi connectivity index (χ3n) is 4.83. The molecule has 3 rings (SSSR count). The summed E-state index contributed by atoms with van der Waals surface area (Å²) in [5, 5.41) is 0. The van der Waals surface area contributed by atoms with Gasteiger partial charge in [-0.2, -0.15) is 8.78 Å². The van der Waals surface area contributed by atoms with Crippen molar-refractivity contribution in [3.05, 3.63) is 89.5 Å². The molecule has 3 aromatic carbocycles. The maximum atomic E-state index is 14.3. The van der Waals surface area contributed by atoms with Crippen LogP contribution in [0.1, 0.15) is 24.5 Å². The predicted octanol–water partition coefficient (Wildman–Crippen LogP) is 7.72. The zero-order valence-corrected chi connectivity index (χ0v) is 16.8. The van der Waals surface area contributed by atoms with E-state index in [0.29, 0.717) is 17.2 Å². The van der Waals surface area contributed by atoms with E-state index in [9.17, 15) is 17.6 Å². The Morgan fingerprint density at radius 3 is 2.07 bits per heavy atom. The van der Waals surface area contributed by atoms with Crippen LogP contribution >= 0.6 is 0 Å². The molecule has 0 amide bonds. The van der Waals surface area contributed by atoms with Crippen molar-refractivity contribution in [2.45, 2.75) is 26.7 Å². The summed E-state index contributed by atoms with van der Waals surface area (Å²) < 4.78 is 57.6. The fourth-order valence-corrected chi connectivity index (χ4v) is 3.36. The number of rotatable bonds is 7. The highest BCUT2D eigenvalue weighted by molar-refractivity contribution is 5.74. The van der Waals surface area contributed by atoms with E-state index in [1.165, 1.54) is 5.56 Å². The average Bonchev–Trinajstić information content (AvgIpc) is 2.70. The molecule has 0 bridgehead atoms. The minimum atomic E-state index is -1.97. The first-order chi connectivity index (χ1) is 14.4. The first kappa shape index (κ1) is 21.6. The highest BCUT2D eigenvalue weighted by atomic mass is 19.3. The summed E-state index contributed by atoms with van der Waals surface area (Å²) in [5.41, 5.74) is 5.26. The maximum absolute atomic E-state index is 14.3. The first-order valence-corrected chi connectivity index (χ1v) is 9.72. The lowest BCUT2D eigenvalue weighted by atomic mass is 9.95. The van der Waals surface area contributed by atoms with Crippen molar-refractivity contribution in [2.75, 3.05) is 6.61 Å². The second-order valence-corrected chi connectivity index (χ2v) is 7.05. The zero-order valence-electron chi connectivity index (χ0n) is 16.8. The van der Waals surface area contributed by atoms with Crippen LogP contribution in [0.5, 0.6) is 5.75 Å². The van der Waals surface area contributed by atoms with Crippen molar-refractivity contribution in [1.82, 2.24) is 0 Å². The van der Waals surface area contributed by atoms with Crippen LogP contribution < -0.4 is 4.74 Å². The lowest BCUT2D eigenvalue weighted by molar-refractivity contribution is 0.311. The Balaban J connectivity index is 1.86. The molecule has 30 heavy (non-hydrogen) atoms. The Hall–Kier alpha value is -3.08. The standard InChI is InChI=1S/C25H22F4O/c1-3-4-17-5-7-18(8-6-17)19-9-10-21(16(2)13-19)20-14-22(26)25(23(27)15-20)30-12-11-24(28)29/h5-11,13-15H,3-4,12H2,1-2H3. The van der Waals surface area contributed by atoms with Crippen LogP contribution in [0.15, 0.2) is 66.8 Å². The summed E-state index contributed by atoms with van der Waals surface area (Å²) in [6, 6.07) is 16.3. The topological polar surface area (TPSA) is 9.23 Å². The fourth-order valence-electron chi connectivity index (χ4n) is 3.36. The van der Waals surface area contributed by atoms with Crippen LogP contribution in [0.3, 0.4) is 0 Å². The molecule has 0 N–H and O–H groups in total. The summed E-state index contributed by atoms with van der Waals surface area (Å²) in [6.45, 7) is 3.40. The molecular formula is C25H22F4O. The van der Waals surface area contributed by atoms with Crippen molar-refractivity contribution < 1.29 is 22.3 Å². The van der Waals surface area contributed by atoms with E-state index in [4.69, 9.17) is 4.74 Å². The second kappa shape index (κ2) is 9.61. The van der Waals surface area contributed by atoms with E-state index in [2.05, 4.69) is 31.2 Å². The summed E-state index contributed by atoms with van der Waals surface area (Å²) in [5.74, 6) is -2.54. The Labute approximate surface area is 173 Å². The molecule has 0 aliphatic carbocycles. The summed E-state index contributed by atoms with van der Waals surface area (Å²) in [6.07, 6.45) is 0.606. The molecule has 0 heterocycles. The average molecular weight is 414 g/mol. The van der Waals surface area contributed by atoms with Gasteiger partial charge in [-0.3, -0.25) is 0 Å². The third kappa shape index (κ3) is 5.09. The van der Waals surface area contributed by atoms with Gasteiger partial charge in [0, 0.05) is 6.08 Å². The van der Waals surface area contributed by atoms with Gasteiger partial charge >= 0.3 is 0 Å². The van der Waals surface area contributed by atoms with Crippen LogP contribution in [-0.4, -0.2) is 6.61 Å². The minimum Gasteiger partial charge on any atom is -0.483 e. The van der Waals surface area contributed by atoms with E-state index in [1.54, 1.807) is 0 Å². The largest absolute Gasteiger partial charge is 0.483 e. The molecule has 3 aromatic rings. The Morgan fingerprint density at radius 2 is 1.50 bits per heavy atom. The highest BCUT2D eigenvalue weighted by Gasteiger charge is 2.15. The number of aryl methyl sites for hydroxylation is 2. The number of halogens is 4. The normalized spacial score (nSPS) is 10.7. The van der Waals surface area contributed by atoms with Gasteiger partial charge in [-0.25, -0.2) is 8.78 Å². The summed E-state index contributed by atoms with van der Waals surface area (Å²) >= 11 is 0. The van der Waals surface area contributed by atoms with Gasteiger partial charge in [0.05, 0.1) is 0 Å². The maximum Gasteiger partial charge on any atom is 0.269 e. The first-order valence-electron chi connectivity index (χ1n) is 9.72. The van der Waals surface area contributed by atoms with Crippen LogP contribution in [0.4, 0.5) is 17.6 Å². The van der Waals surface area contributed by atoms with Crippen molar-refractivity contribution in [2.24, 2.45) is 0 Å². The molecule has 0 saturated heterocycles. The van der Waals surface area contributed by atoms with Gasteiger partial charge in [-0.1, -0.05) is 55.8 Å². The summed E-state index contributed by atoms with van der Waals surface area (Å²) in [7, 11) is 0. The lowest BCUT2D eigenvalue weighted by Crippen LogP contribution is -2.00. The van der Waals surface area contributed by atoms with Crippen LogP contribution in [-0.2, 0) is 6.42 Å². The van der Waals surface area contributed by atoms with Crippen LogP contribution in [0.25, 0.3) is 22.3 Å². The van der Waals surface area contributed by atoms with Crippen molar-refractivity contribution >= 4 is 0 Å². The third-order valence-corrected chi connectivity index (χ3v) is 4.83. The Morgan fingerprint density at radius 1 is 0.867 bits per heavy atom. The molecule has 0 aromatic heterocycles. The molecular weight excluding hydrogens is 392 g/mol. The van der Waals surface area contributed by atoms with E-state index in [0.717, 1.165) is 41.7 Å². The van der Waals surface area contributed by atoms with Gasteiger partial charge in [0.1, 0.15) is 6.61 Å². The van der Waals surface area contributed by atoms with Crippen LogP contribution in [0.2, 0.25) is 0 Å². The Bertz CT molecular complexity index is 1030. The van der Waals surface area contributed by atoms with Gasteiger partial charge < -0.3 is 4.74 Å². The number of benzene rings is 3. The molecule has 5 heteroatoms. The highest BCUT2D eigenvalue weighted by Crippen LogP contribution is 2.33. The van der Waals surface area contributed by atoms with E-state index >= 15 is 0 Å². The molecule has 0 spiro atoms. The Kier molecular flexibility index (Phi) is 6.93. The number of hydrogen-bond donors (Lipinski definition) is 0. The molecule has 1 nitrogen and oxygen atoms in total. The van der Waals surface area contributed by atoms with Crippen LogP contribution in [0, 0.1) is 18.6 Å². The molecule has 0 atom stereocenters. The molecule has 0 fully saturated rings. The molecule has 0 aliphatic heterocycles.